The van der Waals surface area contributed by atoms with Gasteiger partial charge in [0.15, 0.2) is 0 Å². The van der Waals surface area contributed by atoms with Crippen molar-refractivity contribution in [2.75, 3.05) is 5.75 Å². The molecule has 0 saturated carbocycles. The van der Waals surface area contributed by atoms with Crippen LogP contribution in [0.15, 0.2) is 24.3 Å². The lowest BCUT2D eigenvalue weighted by atomic mass is 10.0. The molecular weight excluding hydrogens is 216 g/mol. The summed E-state index contributed by atoms with van der Waals surface area (Å²) in [5.41, 5.74) is 1.88. The number of aliphatic hydroxyl groups is 1. The SMILES string of the molecule is Cc1ccccc1CC(O)CS(=O)(=O)O. The molecule has 1 aromatic carbocycles. The predicted octanol–water partition coefficient (Wildman–Crippen LogP) is 0.786. The number of hydrogen-bond acceptors (Lipinski definition) is 3. The molecule has 15 heavy (non-hydrogen) atoms. The Morgan fingerprint density at radius 2 is 1.93 bits per heavy atom. The highest BCUT2D eigenvalue weighted by molar-refractivity contribution is 7.85. The zero-order chi connectivity index (χ0) is 11.5. The van der Waals surface area contributed by atoms with Crippen LogP contribution >= 0.6 is 0 Å². The van der Waals surface area contributed by atoms with E-state index in [1.807, 2.05) is 31.2 Å². The average Bonchev–Trinajstić information content (AvgIpc) is 2.05. The summed E-state index contributed by atoms with van der Waals surface area (Å²) in [5.74, 6) is -0.624. The molecule has 84 valence electrons. The minimum Gasteiger partial charge on any atom is -0.392 e. The Morgan fingerprint density at radius 1 is 1.33 bits per heavy atom. The molecule has 0 aliphatic carbocycles. The first-order valence-electron chi connectivity index (χ1n) is 4.56. The third-order valence-corrected chi connectivity index (χ3v) is 2.93. The van der Waals surface area contributed by atoms with Crippen LogP contribution in [0.2, 0.25) is 0 Å². The Morgan fingerprint density at radius 3 is 2.47 bits per heavy atom. The number of aliphatic hydroxyl groups excluding tert-OH is 1. The summed E-state index contributed by atoms with van der Waals surface area (Å²) in [4.78, 5) is 0. The van der Waals surface area contributed by atoms with Crippen molar-refractivity contribution >= 4 is 10.1 Å². The van der Waals surface area contributed by atoms with Crippen LogP contribution in [0.25, 0.3) is 0 Å². The van der Waals surface area contributed by atoms with Crippen molar-refractivity contribution < 1.29 is 18.1 Å². The maximum absolute atomic E-state index is 10.5. The monoisotopic (exact) mass is 230 g/mol. The van der Waals surface area contributed by atoms with Crippen molar-refractivity contribution in [1.29, 1.82) is 0 Å². The quantitative estimate of drug-likeness (QED) is 0.750. The summed E-state index contributed by atoms with van der Waals surface area (Å²) in [7, 11) is -4.11. The minimum absolute atomic E-state index is 0.229. The van der Waals surface area contributed by atoms with E-state index in [1.165, 1.54) is 0 Å². The van der Waals surface area contributed by atoms with E-state index in [9.17, 15) is 13.5 Å². The van der Waals surface area contributed by atoms with Crippen molar-refractivity contribution in [1.82, 2.24) is 0 Å². The van der Waals surface area contributed by atoms with Crippen LogP contribution in [0.5, 0.6) is 0 Å². The number of hydrogen-bond donors (Lipinski definition) is 2. The highest BCUT2D eigenvalue weighted by Gasteiger charge is 2.15. The molecule has 0 aromatic heterocycles. The molecule has 0 spiro atoms. The van der Waals surface area contributed by atoms with Crippen LogP contribution in [-0.4, -0.2) is 29.9 Å². The molecule has 1 atom stereocenters. The summed E-state index contributed by atoms with van der Waals surface area (Å²) in [6, 6.07) is 7.40. The Balaban J connectivity index is 2.67. The Kier molecular flexibility index (Phi) is 3.84. The van der Waals surface area contributed by atoms with Crippen molar-refractivity contribution in [3.8, 4) is 0 Å². The number of rotatable bonds is 4. The van der Waals surface area contributed by atoms with E-state index < -0.39 is 22.0 Å². The van der Waals surface area contributed by atoms with Gasteiger partial charge >= 0.3 is 0 Å². The Labute approximate surface area is 89.3 Å². The molecular formula is C10H14O4S. The van der Waals surface area contributed by atoms with E-state index in [0.717, 1.165) is 11.1 Å². The molecule has 0 aliphatic heterocycles. The highest BCUT2D eigenvalue weighted by Crippen LogP contribution is 2.10. The molecule has 1 aromatic rings. The van der Waals surface area contributed by atoms with Crippen LogP contribution < -0.4 is 0 Å². The normalized spacial score (nSPS) is 13.8. The third-order valence-electron chi connectivity index (χ3n) is 2.12. The Bertz CT molecular complexity index is 425. The lowest BCUT2D eigenvalue weighted by Crippen LogP contribution is -2.22. The standard InChI is InChI=1S/C10H14O4S/c1-8-4-2-3-5-9(8)6-10(11)7-15(12,13)14/h2-5,10-11H,6-7H2,1H3,(H,12,13,14). The number of aryl methyl sites for hydroxylation is 1. The molecule has 0 amide bonds. The van der Waals surface area contributed by atoms with E-state index in [1.54, 1.807) is 0 Å². The molecule has 1 rings (SSSR count). The maximum Gasteiger partial charge on any atom is 0.267 e. The zero-order valence-electron chi connectivity index (χ0n) is 8.42. The molecule has 0 fully saturated rings. The first-order chi connectivity index (χ1) is 6.88. The van der Waals surface area contributed by atoms with Crippen LogP contribution in [0.4, 0.5) is 0 Å². The van der Waals surface area contributed by atoms with Gasteiger partial charge in [0.2, 0.25) is 0 Å². The molecule has 0 aliphatic rings. The lowest BCUT2D eigenvalue weighted by Gasteiger charge is -2.10. The van der Waals surface area contributed by atoms with Crippen LogP contribution in [0, 0.1) is 6.92 Å². The third kappa shape index (κ3) is 4.42. The largest absolute Gasteiger partial charge is 0.392 e. The second kappa shape index (κ2) is 4.74. The first-order valence-corrected chi connectivity index (χ1v) is 6.17. The minimum atomic E-state index is -4.11. The summed E-state index contributed by atoms with van der Waals surface area (Å²) in [5, 5.41) is 9.42. The summed E-state index contributed by atoms with van der Waals surface area (Å²) >= 11 is 0. The van der Waals surface area contributed by atoms with E-state index in [4.69, 9.17) is 4.55 Å². The molecule has 5 heteroatoms. The zero-order valence-corrected chi connectivity index (χ0v) is 9.24. The molecule has 2 N–H and O–H groups in total. The second-order valence-corrected chi connectivity index (χ2v) is 5.03. The van der Waals surface area contributed by atoms with E-state index in [0.29, 0.717) is 0 Å². The van der Waals surface area contributed by atoms with Gasteiger partial charge in [0.25, 0.3) is 10.1 Å². The van der Waals surface area contributed by atoms with E-state index in [2.05, 4.69) is 0 Å². The fourth-order valence-electron chi connectivity index (χ4n) is 1.40. The second-order valence-electron chi connectivity index (χ2n) is 3.53. The highest BCUT2D eigenvalue weighted by atomic mass is 32.2. The van der Waals surface area contributed by atoms with Gasteiger partial charge < -0.3 is 5.11 Å². The van der Waals surface area contributed by atoms with Gasteiger partial charge in [-0.05, 0) is 24.5 Å². The molecule has 1 unspecified atom stereocenters. The van der Waals surface area contributed by atoms with Crippen molar-refractivity contribution in [2.24, 2.45) is 0 Å². The van der Waals surface area contributed by atoms with Crippen LogP contribution in [0.1, 0.15) is 11.1 Å². The van der Waals surface area contributed by atoms with Gasteiger partial charge in [0, 0.05) is 0 Å². The molecule has 0 radical (unpaired) electrons. The molecule has 0 bridgehead atoms. The summed E-state index contributed by atoms with van der Waals surface area (Å²) < 4.78 is 29.6. The van der Waals surface area contributed by atoms with Gasteiger partial charge in [-0.1, -0.05) is 24.3 Å². The molecule has 4 nitrogen and oxygen atoms in total. The van der Waals surface area contributed by atoms with Gasteiger partial charge in [-0.2, -0.15) is 8.42 Å². The first kappa shape index (κ1) is 12.2. The van der Waals surface area contributed by atoms with Gasteiger partial charge in [0.05, 0.1) is 6.10 Å². The van der Waals surface area contributed by atoms with Crippen LogP contribution in [0.3, 0.4) is 0 Å². The van der Waals surface area contributed by atoms with Gasteiger partial charge in [-0.15, -0.1) is 0 Å². The van der Waals surface area contributed by atoms with E-state index >= 15 is 0 Å². The fourth-order valence-corrected chi connectivity index (χ4v) is 2.00. The summed E-state index contributed by atoms with van der Waals surface area (Å²) in [6.07, 6.45) is -0.840. The van der Waals surface area contributed by atoms with Crippen LogP contribution in [-0.2, 0) is 16.5 Å². The lowest BCUT2D eigenvalue weighted by molar-refractivity contribution is 0.195. The van der Waals surface area contributed by atoms with Crippen molar-refractivity contribution in [3.63, 3.8) is 0 Å². The topological polar surface area (TPSA) is 74.6 Å². The Hall–Kier alpha value is -0.910. The smallest absolute Gasteiger partial charge is 0.267 e. The molecule has 0 saturated heterocycles. The van der Waals surface area contributed by atoms with Crippen molar-refractivity contribution in [2.45, 2.75) is 19.4 Å². The van der Waals surface area contributed by atoms with Gasteiger partial charge in [-0.25, -0.2) is 0 Å². The maximum atomic E-state index is 10.5. The van der Waals surface area contributed by atoms with Gasteiger partial charge in [-0.3, -0.25) is 4.55 Å². The van der Waals surface area contributed by atoms with Gasteiger partial charge in [0.1, 0.15) is 5.75 Å². The number of benzene rings is 1. The fraction of sp³-hybridized carbons (Fsp3) is 0.400. The van der Waals surface area contributed by atoms with Crippen molar-refractivity contribution in [3.05, 3.63) is 35.4 Å². The predicted molar refractivity (Wildman–Crippen MR) is 57.3 cm³/mol. The average molecular weight is 230 g/mol. The summed E-state index contributed by atoms with van der Waals surface area (Å²) in [6.45, 7) is 1.88. The molecule has 0 heterocycles. The van der Waals surface area contributed by atoms with E-state index in [-0.39, 0.29) is 6.42 Å².